The minimum Gasteiger partial charge on any atom is -0.481 e. The molecule has 0 saturated heterocycles. The van der Waals surface area contributed by atoms with Crippen LogP contribution < -0.4 is 9.46 Å². The molecule has 1 N–H and O–H groups in total. The van der Waals surface area contributed by atoms with Crippen molar-refractivity contribution < 1.29 is 22.7 Å². The van der Waals surface area contributed by atoms with Crippen molar-refractivity contribution in [3.05, 3.63) is 40.6 Å². The van der Waals surface area contributed by atoms with Crippen LogP contribution in [-0.2, 0) is 14.8 Å². The van der Waals surface area contributed by atoms with Crippen LogP contribution in [0.5, 0.6) is 5.88 Å². The molecular formula is C19H23N5O5S. The first kappa shape index (κ1) is 21.5. The summed E-state index contributed by atoms with van der Waals surface area (Å²) >= 11 is 0. The first-order valence-electron chi connectivity index (χ1n) is 9.15. The largest absolute Gasteiger partial charge is 0.481 e. The second-order valence-electron chi connectivity index (χ2n) is 7.08. The lowest BCUT2D eigenvalue weighted by atomic mass is 10.0. The van der Waals surface area contributed by atoms with Crippen LogP contribution in [0.15, 0.2) is 23.5 Å². The van der Waals surface area contributed by atoms with Crippen LogP contribution in [0, 0.1) is 20.8 Å². The highest BCUT2D eigenvalue weighted by Gasteiger charge is 2.27. The minimum absolute atomic E-state index is 0.0678. The van der Waals surface area contributed by atoms with Gasteiger partial charge in [0, 0.05) is 11.8 Å². The third-order valence-corrected chi connectivity index (χ3v) is 5.41. The lowest BCUT2D eigenvalue weighted by Crippen LogP contribution is -2.20. The molecule has 0 bridgehead atoms. The van der Waals surface area contributed by atoms with Crippen LogP contribution >= 0.6 is 0 Å². The van der Waals surface area contributed by atoms with Crippen LogP contribution in [0.1, 0.15) is 40.9 Å². The Bertz CT molecular complexity index is 1230. The summed E-state index contributed by atoms with van der Waals surface area (Å²) in [6, 6.07) is 3.44. The number of hydrogen-bond donors (Lipinski definition) is 1. The number of sulfonamides is 1. The molecule has 2 heterocycles. The van der Waals surface area contributed by atoms with E-state index in [1.165, 1.54) is 11.6 Å². The number of anilines is 1. The van der Waals surface area contributed by atoms with Crippen LogP contribution in [0.3, 0.4) is 0 Å². The number of aromatic nitrogens is 4. The van der Waals surface area contributed by atoms with Crippen molar-refractivity contribution >= 4 is 27.5 Å². The van der Waals surface area contributed by atoms with Gasteiger partial charge in [-0.2, -0.15) is 18.4 Å². The van der Waals surface area contributed by atoms with Crippen molar-refractivity contribution in [2.75, 3.05) is 11.8 Å². The Morgan fingerprint density at radius 3 is 2.40 bits per heavy atom. The SMILES string of the molecule is COc1nc2nc(S(=O)(=O)Nc3c(C)ccc(C)c3C(=O)OC(C)C)nn2cc1C. The zero-order valence-electron chi connectivity index (χ0n) is 17.5. The molecule has 0 amide bonds. The smallest absolute Gasteiger partial charge is 0.340 e. The number of nitrogens with zero attached hydrogens (tertiary/aromatic N) is 4. The molecule has 0 saturated carbocycles. The number of methoxy groups -OCH3 is 1. The summed E-state index contributed by atoms with van der Waals surface area (Å²) in [4.78, 5) is 20.7. The van der Waals surface area contributed by atoms with Gasteiger partial charge in [0.15, 0.2) is 0 Å². The maximum atomic E-state index is 13.0. The van der Waals surface area contributed by atoms with E-state index in [4.69, 9.17) is 9.47 Å². The van der Waals surface area contributed by atoms with E-state index in [2.05, 4.69) is 19.8 Å². The van der Waals surface area contributed by atoms with Gasteiger partial charge in [-0.05, 0) is 45.7 Å². The van der Waals surface area contributed by atoms with Crippen molar-refractivity contribution in [2.45, 2.75) is 45.9 Å². The van der Waals surface area contributed by atoms with Gasteiger partial charge in [-0.1, -0.05) is 12.1 Å². The molecular weight excluding hydrogens is 410 g/mol. The molecule has 0 aliphatic carbocycles. The highest BCUT2D eigenvalue weighted by molar-refractivity contribution is 7.92. The molecule has 3 aromatic rings. The molecule has 0 fully saturated rings. The highest BCUT2D eigenvalue weighted by atomic mass is 32.2. The van der Waals surface area contributed by atoms with Gasteiger partial charge in [0.05, 0.1) is 24.5 Å². The van der Waals surface area contributed by atoms with E-state index >= 15 is 0 Å². The molecule has 0 aliphatic rings. The second-order valence-corrected chi connectivity index (χ2v) is 8.66. The summed E-state index contributed by atoms with van der Waals surface area (Å²) in [5.74, 6) is -0.229. The van der Waals surface area contributed by atoms with Crippen LogP contribution in [0.2, 0.25) is 0 Å². The zero-order chi connectivity index (χ0) is 22.2. The summed E-state index contributed by atoms with van der Waals surface area (Å²) in [7, 11) is -2.75. The molecule has 30 heavy (non-hydrogen) atoms. The molecule has 1 aromatic carbocycles. The Morgan fingerprint density at radius 1 is 1.10 bits per heavy atom. The number of rotatable bonds is 6. The minimum atomic E-state index is -4.21. The molecule has 10 nitrogen and oxygen atoms in total. The van der Waals surface area contributed by atoms with Gasteiger partial charge in [0.1, 0.15) is 0 Å². The summed E-state index contributed by atoms with van der Waals surface area (Å²) in [5, 5.41) is 3.53. The van der Waals surface area contributed by atoms with Gasteiger partial charge >= 0.3 is 5.97 Å². The number of carbonyl (C=O) groups excluding carboxylic acids is 1. The van der Waals surface area contributed by atoms with Crippen LogP contribution in [0.25, 0.3) is 5.78 Å². The lowest BCUT2D eigenvalue weighted by Gasteiger charge is -2.17. The normalized spacial score (nSPS) is 11.7. The van der Waals surface area contributed by atoms with Crippen molar-refractivity contribution in [2.24, 2.45) is 0 Å². The van der Waals surface area contributed by atoms with Gasteiger partial charge in [-0.3, -0.25) is 4.72 Å². The van der Waals surface area contributed by atoms with E-state index in [0.717, 1.165) is 0 Å². The van der Waals surface area contributed by atoms with Crippen molar-refractivity contribution in [1.82, 2.24) is 19.6 Å². The van der Waals surface area contributed by atoms with Gasteiger partial charge in [0.2, 0.25) is 5.88 Å². The van der Waals surface area contributed by atoms with E-state index in [1.807, 2.05) is 0 Å². The third kappa shape index (κ3) is 4.06. The Morgan fingerprint density at radius 2 is 1.77 bits per heavy atom. The highest BCUT2D eigenvalue weighted by Crippen LogP contribution is 2.28. The molecule has 0 atom stereocenters. The average Bonchev–Trinajstić information content (AvgIpc) is 3.07. The number of nitrogens with one attached hydrogen (secondary N) is 1. The van der Waals surface area contributed by atoms with E-state index < -0.39 is 21.1 Å². The summed E-state index contributed by atoms with van der Waals surface area (Å²) < 4.78 is 40.1. The van der Waals surface area contributed by atoms with Gasteiger partial charge < -0.3 is 9.47 Å². The molecule has 160 valence electrons. The Hall–Kier alpha value is -3.21. The average molecular weight is 433 g/mol. The molecule has 0 radical (unpaired) electrons. The van der Waals surface area contributed by atoms with E-state index in [1.54, 1.807) is 52.9 Å². The molecule has 0 aliphatic heterocycles. The van der Waals surface area contributed by atoms with Crippen molar-refractivity contribution in [3.63, 3.8) is 0 Å². The Labute approximate surface area is 174 Å². The fraction of sp³-hybridized carbons (Fsp3) is 0.368. The predicted octanol–water partition coefficient (Wildman–Crippen LogP) is 2.42. The number of benzene rings is 1. The Balaban J connectivity index is 2.06. The lowest BCUT2D eigenvalue weighted by molar-refractivity contribution is 0.0378. The summed E-state index contributed by atoms with van der Waals surface area (Å²) in [6.45, 7) is 8.59. The molecule has 11 heteroatoms. The number of hydrogen-bond acceptors (Lipinski definition) is 8. The molecule has 2 aromatic heterocycles. The molecule has 3 rings (SSSR count). The van der Waals surface area contributed by atoms with Gasteiger partial charge in [-0.15, -0.1) is 5.10 Å². The predicted molar refractivity (Wildman–Crippen MR) is 109 cm³/mol. The summed E-state index contributed by atoms with van der Waals surface area (Å²) in [5.41, 5.74) is 2.07. The Kier molecular flexibility index (Phi) is 5.66. The fourth-order valence-corrected chi connectivity index (χ4v) is 3.88. The molecule has 0 spiro atoms. The maximum Gasteiger partial charge on any atom is 0.340 e. The third-order valence-electron chi connectivity index (χ3n) is 4.29. The quantitative estimate of drug-likeness (QED) is 0.588. The second kappa shape index (κ2) is 7.90. The van der Waals surface area contributed by atoms with E-state index in [-0.39, 0.29) is 23.1 Å². The standard InChI is InChI=1S/C19H23N5O5S/c1-10(2)29-17(25)14-11(3)7-8-12(4)15(14)23-30(26,27)19-21-18-20-16(28-6)13(5)9-24(18)22-19/h7-10,23H,1-6H3. The fourth-order valence-electron chi connectivity index (χ4n) is 2.86. The number of fused-ring (bicyclic) bond motifs is 1. The number of esters is 1. The van der Waals surface area contributed by atoms with Crippen molar-refractivity contribution in [1.29, 1.82) is 0 Å². The van der Waals surface area contributed by atoms with Crippen molar-refractivity contribution in [3.8, 4) is 5.88 Å². The monoisotopic (exact) mass is 433 g/mol. The summed E-state index contributed by atoms with van der Waals surface area (Å²) in [6.07, 6.45) is 1.21. The first-order chi connectivity index (χ1) is 14.0. The topological polar surface area (TPSA) is 125 Å². The first-order valence-corrected chi connectivity index (χ1v) is 10.6. The van der Waals surface area contributed by atoms with E-state index in [0.29, 0.717) is 22.6 Å². The molecule has 0 unspecified atom stereocenters. The van der Waals surface area contributed by atoms with Gasteiger partial charge in [0.25, 0.3) is 21.0 Å². The number of aryl methyl sites for hydroxylation is 3. The van der Waals surface area contributed by atoms with Gasteiger partial charge in [-0.25, -0.2) is 9.31 Å². The van der Waals surface area contributed by atoms with Crippen LogP contribution in [0.4, 0.5) is 5.69 Å². The van der Waals surface area contributed by atoms with E-state index in [9.17, 15) is 13.2 Å². The number of ether oxygens (including phenoxy) is 2. The van der Waals surface area contributed by atoms with Crippen LogP contribution in [-0.4, -0.2) is 47.2 Å². The zero-order valence-corrected chi connectivity index (χ0v) is 18.4. The maximum absolute atomic E-state index is 13.0. The number of carbonyl (C=O) groups is 1.